The lowest BCUT2D eigenvalue weighted by Gasteiger charge is -2.08. The molecule has 2 heteroatoms. The zero-order valence-corrected chi connectivity index (χ0v) is 8.03. The Kier molecular flexibility index (Phi) is 3.10. The predicted octanol–water partition coefficient (Wildman–Crippen LogP) is 3.72. The summed E-state index contributed by atoms with van der Waals surface area (Å²) in [5.41, 5.74) is 2.06. The number of halogens is 2. The fourth-order valence-corrected chi connectivity index (χ4v) is 1.44. The number of hydrogen-bond acceptors (Lipinski definition) is 0. The van der Waals surface area contributed by atoms with Gasteiger partial charge in [-0.2, -0.15) is 0 Å². The standard InChI is InChI=1S/C10H12ClF/c1-7-3-9(8(2)6-12)5-10(11)4-7/h3-5,8H,6H2,1-2H3. The van der Waals surface area contributed by atoms with E-state index in [1.807, 2.05) is 32.0 Å². The molecule has 0 aromatic heterocycles. The van der Waals surface area contributed by atoms with Crippen molar-refractivity contribution in [1.82, 2.24) is 0 Å². The summed E-state index contributed by atoms with van der Waals surface area (Å²) in [6.07, 6.45) is 0. The molecule has 0 spiro atoms. The molecule has 0 nitrogen and oxygen atoms in total. The van der Waals surface area contributed by atoms with Crippen LogP contribution in [0, 0.1) is 6.92 Å². The van der Waals surface area contributed by atoms with E-state index >= 15 is 0 Å². The van der Waals surface area contributed by atoms with Crippen LogP contribution in [0.2, 0.25) is 5.02 Å². The third-order valence-electron chi connectivity index (χ3n) is 1.86. The van der Waals surface area contributed by atoms with Crippen LogP contribution < -0.4 is 0 Å². The average Bonchev–Trinajstić information content (AvgIpc) is 2.01. The maximum atomic E-state index is 12.3. The molecule has 0 fully saturated rings. The van der Waals surface area contributed by atoms with E-state index in [1.165, 1.54) is 0 Å². The molecule has 0 aliphatic rings. The molecule has 0 heterocycles. The molecule has 0 radical (unpaired) electrons. The Balaban J connectivity index is 3.00. The van der Waals surface area contributed by atoms with Gasteiger partial charge in [0.25, 0.3) is 0 Å². The van der Waals surface area contributed by atoms with Crippen molar-refractivity contribution in [3.05, 3.63) is 34.3 Å². The van der Waals surface area contributed by atoms with Crippen molar-refractivity contribution in [2.45, 2.75) is 19.8 Å². The van der Waals surface area contributed by atoms with Crippen molar-refractivity contribution < 1.29 is 4.39 Å². The maximum Gasteiger partial charge on any atom is 0.0960 e. The second kappa shape index (κ2) is 3.90. The van der Waals surface area contributed by atoms with Gasteiger partial charge in [-0.15, -0.1) is 0 Å². The second-order valence-electron chi connectivity index (χ2n) is 3.12. The van der Waals surface area contributed by atoms with Crippen LogP contribution >= 0.6 is 11.6 Å². The van der Waals surface area contributed by atoms with Gasteiger partial charge in [-0.3, -0.25) is 4.39 Å². The highest BCUT2D eigenvalue weighted by atomic mass is 35.5. The minimum atomic E-state index is -0.334. The molecule has 1 unspecified atom stereocenters. The van der Waals surface area contributed by atoms with Crippen molar-refractivity contribution in [2.24, 2.45) is 0 Å². The summed E-state index contributed by atoms with van der Waals surface area (Å²) in [5.74, 6) is -0.0533. The third-order valence-corrected chi connectivity index (χ3v) is 2.08. The Morgan fingerprint density at radius 2 is 2.08 bits per heavy atom. The highest BCUT2D eigenvalue weighted by Gasteiger charge is 2.05. The summed E-state index contributed by atoms with van der Waals surface area (Å²) in [7, 11) is 0. The zero-order chi connectivity index (χ0) is 9.14. The molecule has 0 N–H and O–H groups in total. The molecule has 66 valence electrons. The van der Waals surface area contributed by atoms with E-state index in [9.17, 15) is 4.39 Å². The van der Waals surface area contributed by atoms with E-state index in [0.29, 0.717) is 5.02 Å². The molecule has 12 heavy (non-hydrogen) atoms. The first-order valence-corrected chi connectivity index (χ1v) is 4.34. The van der Waals surface area contributed by atoms with Crippen LogP contribution in [-0.2, 0) is 0 Å². The molecule has 0 amide bonds. The molecular formula is C10H12ClF. The lowest BCUT2D eigenvalue weighted by molar-refractivity contribution is 0.447. The van der Waals surface area contributed by atoms with Gasteiger partial charge >= 0.3 is 0 Å². The van der Waals surface area contributed by atoms with Gasteiger partial charge in [0.1, 0.15) is 0 Å². The lowest BCUT2D eigenvalue weighted by Crippen LogP contribution is -1.95. The Morgan fingerprint density at radius 1 is 1.42 bits per heavy atom. The maximum absolute atomic E-state index is 12.3. The van der Waals surface area contributed by atoms with E-state index < -0.39 is 0 Å². The van der Waals surface area contributed by atoms with E-state index in [1.54, 1.807) is 0 Å². The molecule has 0 aliphatic heterocycles. The molecule has 0 saturated heterocycles. The molecular weight excluding hydrogens is 175 g/mol. The van der Waals surface area contributed by atoms with Crippen LogP contribution in [-0.4, -0.2) is 6.67 Å². The van der Waals surface area contributed by atoms with E-state index in [2.05, 4.69) is 0 Å². The van der Waals surface area contributed by atoms with Crippen molar-refractivity contribution in [3.63, 3.8) is 0 Å². The second-order valence-corrected chi connectivity index (χ2v) is 3.55. The number of alkyl halides is 1. The van der Waals surface area contributed by atoms with Gasteiger partial charge in [0.05, 0.1) is 6.67 Å². The molecule has 0 aliphatic carbocycles. The predicted molar refractivity (Wildman–Crippen MR) is 50.6 cm³/mol. The smallest absolute Gasteiger partial charge is 0.0960 e. The van der Waals surface area contributed by atoms with Crippen LogP contribution in [0.4, 0.5) is 4.39 Å². The van der Waals surface area contributed by atoms with Gasteiger partial charge < -0.3 is 0 Å². The lowest BCUT2D eigenvalue weighted by atomic mass is 10.0. The quantitative estimate of drug-likeness (QED) is 0.661. The number of hydrogen-bond donors (Lipinski definition) is 0. The molecule has 1 aromatic rings. The summed E-state index contributed by atoms with van der Waals surface area (Å²) in [4.78, 5) is 0. The number of benzene rings is 1. The van der Waals surface area contributed by atoms with E-state index in [0.717, 1.165) is 11.1 Å². The monoisotopic (exact) mass is 186 g/mol. The van der Waals surface area contributed by atoms with E-state index in [-0.39, 0.29) is 12.6 Å². The third kappa shape index (κ3) is 2.21. The zero-order valence-electron chi connectivity index (χ0n) is 7.27. The van der Waals surface area contributed by atoms with Gasteiger partial charge in [-0.25, -0.2) is 0 Å². The van der Waals surface area contributed by atoms with E-state index in [4.69, 9.17) is 11.6 Å². The first-order valence-electron chi connectivity index (χ1n) is 3.96. The van der Waals surface area contributed by atoms with Crippen LogP contribution in [0.3, 0.4) is 0 Å². The summed E-state index contributed by atoms with van der Waals surface area (Å²) in [6.45, 7) is 3.48. The summed E-state index contributed by atoms with van der Waals surface area (Å²) in [5, 5.41) is 0.685. The number of aryl methyl sites for hydroxylation is 1. The highest BCUT2D eigenvalue weighted by molar-refractivity contribution is 6.30. The first kappa shape index (κ1) is 9.53. The normalized spacial score (nSPS) is 13.0. The fraction of sp³-hybridized carbons (Fsp3) is 0.400. The molecule has 0 saturated carbocycles. The van der Waals surface area contributed by atoms with Crippen LogP contribution in [0.15, 0.2) is 18.2 Å². The van der Waals surface area contributed by atoms with Crippen LogP contribution in [0.5, 0.6) is 0 Å². The van der Waals surface area contributed by atoms with Crippen LogP contribution in [0.1, 0.15) is 24.0 Å². The number of rotatable bonds is 2. The van der Waals surface area contributed by atoms with Gasteiger partial charge in [0.2, 0.25) is 0 Å². The average molecular weight is 187 g/mol. The van der Waals surface area contributed by atoms with Crippen molar-refractivity contribution in [2.75, 3.05) is 6.67 Å². The molecule has 1 rings (SSSR count). The van der Waals surface area contributed by atoms with Gasteiger partial charge in [-0.1, -0.05) is 24.6 Å². The Bertz CT molecular complexity index is 250. The van der Waals surface area contributed by atoms with Crippen molar-refractivity contribution in [3.8, 4) is 0 Å². The minimum Gasteiger partial charge on any atom is -0.250 e. The SMILES string of the molecule is Cc1cc(Cl)cc(C(C)CF)c1. The van der Waals surface area contributed by atoms with Gasteiger partial charge in [0, 0.05) is 10.9 Å². The topological polar surface area (TPSA) is 0 Å². The highest BCUT2D eigenvalue weighted by Crippen LogP contribution is 2.21. The Labute approximate surface area is 77.4 Å². The van der Waals surface area contributed by atoms with Gasteiger partial charge in [-0.05, 0) is 30.2 Å². The van der Waals surface area contributed by atoms with Crippen molar-refractivity contribution in [1.29, 1.82) is 0 Å². The summed E-state index contributed by atoms with van der Waals surface area (Å²) < 4.78 is 12.3. The Morgan fingerprint density at radius 3 is 2.58 bits per heavy atom. The first-order chi connectivity index (χ1) is 5.63. The summed E-state index contributed by atoms with van der Waals surface area (Å²) in [6, 6.07) is 5.66. The molecule has 1 atom stereocenters. The van der Waals surface area contributed by atoms with Crippen LogP contribution in [0.25, 0.3) is 0 Å². The van der Waals surface area contributed by atoms with Gasteiger partial charge in [0.15, 0.2) is 0 Å². The minimum absolute atomic E-state index is 0.0533. The summed E-state index contributed by atoms with van der Waals surface area (Å²) >= 11 is 5.83. The molecule has 0 bridgehead atoms. The fourth-order valence-electron chi connectivity index (χ4n) is 1.14. The Hall–Kier alpha value is -0.560. The largest absolute Gasteiger partial charge is 0.250 e. The van der Waals surface area contributed by atoms with Crippen molar-refractivity contribution >= 4 is 11.6 Å². The molecule has 1 aromatic carbocycles.